The van der Waals surface area contributed by atoms with Crippen LogP contribution in [0.2, 0.25) is 10.0 Å². The van der Waals surface area contributed by atoms with Crippen molar-refractivity contribution >= 4 is 63.4 Å². The smallest absolute Gasteiger partial charge is 0.371 e. The number of halogens is 6. The highest BCUT2D eigenvalue weighted by molar-refractivity contribution is 6.39. The maximum absolute atomic E-state index is 14.0. The number of hydrogen-bond donors (Lipinski definition) is 3. The van der Waals surface area contributed by atoms with Gasteiger partial charge in [-0.2, -0.15) is 13.2 Å². The van der Waals surface area contributed by atoms with E-state index in [2.05, 4.69) is 20.9 Å². The molecule has 6 rings (SSSR count). The number of carbonyl (C=O) groups excluding carboxylic acids is 2. The molecule has 1 saturated heterocycles. The maximum Gasteiger partial charge on any atom is 0.391 e. The normalized spacial score (nSPS) is 21.0. The van der Waals surface area contributed by atoms with Crippen molar-refractivity contribution in [2.75, 3.05) is 23.3 Å². The van der Waals surface area contributed by atoms with Crippen LogP contribution in [-0.2, 0) is 18.4 Å². The van der Waals surface area contributed by atoms with Gasteiger partial charge in [0.05, 0.1) is 43.9 Å². The molecule has 2 amide bonds. The summed E-state index contributed by atoms with van der Waals surface area (Å²) in [7, 11) is 1.82. The molecule has 1 spiro atoms. The lowest BCUT2D eigenvalue weighted by Crippen LogP contribution is -2.41. The van der Waals surface area contributed by atoms with Crippen molar-refractivity contribution in [1.29, 1.82) is 0 Å². The average Bonchev–Trinajstić information content (AvgIpc) is 3.71. The molecule has 3 aromatic rings. The molecule has 14 heteroatoms. The molecule has 260 valence electrons. The zero-order chi connectivity index (χ0) is 34.6. The first-order valence-electron chi connectivity index (χ1n) is 16.4. The summed E-state index contributed by atoms with van der Waals surface area (Å²) in [6.45, 7) is 3.93. The van der Waals surface area contributed by atoms with Crippen molar-refractivity contribution in [2.45, 2.75) is 89.6 Å². The summed E-state index contributed by atoms with van der Waals surface area (Å²) in [4.78, 5) is 32.9. The van der Waals surface area contributed by atoms with Crippen LogP contribution in [0.5, 0.6) is 0 Å². The van der Waals surface area contributed by atoms with E-state index in [1.165, 1.54) is 26.7 Å². The number of aryl methyl sites for hydroxylation is 1. The van der Waals surface area contributed by atoms with Crippen molar-refractivity contribution in [3.05, 3.63) is 45.4 Å². The maximum atomic E-state index is 14.0. The van der Waals surface area contributed by atoms with Crippen LogP contribution in [-0.4, -0.2) is 52.3 Å². The van der Waals surface area contributed by atoms with Crippen LogP contribution < -0.4 is 20.9 Å². The highest BCUT2D eigenvalue weighted by atomic mass is 35.5. The first-order valence-corrected chi connectivity index (χ1v) is 17.1. The Morgan fingerprint density at radius 3 is 2.27 bits per heavy atom. The number of carbonyl (C=O) groups is 2. The van der Waals surface area contributed by atoms with Gasteiger partial charge >= 0.3 is 6.18 Å². The second kappa shape index (κ2) is 12.9. The number of rotatable bonds is 8. The number of hydrogen-bond acceptors (Lipinski definition) is 5. The number of benzene rings is 2. The van der Waals surface area contributed by atoms with Crippen LogP contribution >= 0.6 is 23.2 Å². The van der Waals surface area contributed by atoms with Gasteiger partial charge in [-0.25, -0.2) is 9.37 Å². The molecular weight excluding hydrogens is 671 g/mol. The topological polar surface area (TPSA) is 91.3 Å². The predicted octanol–water partition coefficient (Wildman–Crippen LogP) is 8.22. The number of piperidine rings is 1. The lowest BCUT2D eigenvalue weighted by Gasteiger charge is -2.35. The van der Waals surface area contributed by atoms with E-state index in [4.69, 9.17) is 28.2 Å². The number of nitrogens with zero attached hydrogens (tertiary/aromatic N) is 3. The van der Waals surface area contributed by atoms with Crippen LogP contribution in [0, 0.1) is 11.3 Å². The summed E-state index contributed by atoms with van der Waals surface area (Å²) in [5.41, 5.74) is 1.71. The summed E-state index contributed by atoms with van der Waals surface area (Å²) >= 11 is 13.2. The first kappa shape index (κ1) is 34.6. The van der Waals surface area contributed by atoms with E-state index < -0.39 is 23.7 Å². The molecule has 8 nitrogen and oxygen atoms in total. The zero-order valence-electron chi connectivity index (χ0n) is 27.2. The highest BCUT2D eigenvalue weighted by Gasteiger charge is 2.45. The minimum absolute atomic E-state index is 0.00363. The Balaban J connectivity index is 1.28. The van der Waals surface area contributed by atoms with Gasteiger partial charge in [0.15, 0.2) is 5.67 Å². The van der Waals surface area contributed by atoms with Crippen LogP contribution in [0.1, 0.15) is 81.1 Å². The zero-order valence-corrected chi connectivity index (χ0v) is 28.7. The molecule has 0 bridgehead atoms. The van der Waals surface area contributed by atoms with Crippen LogP contribution in [0.15, 0.2) is 24.3 Å². The largest absolute Gasteiger partial charge is 0.391 e. The minimum Gasteiger partial charge on any atom is -0.371 e. The third-order valence-electron chi connectivity index (χ3n) is 10.3. The summed E-state index contributed by atoms with van der Waals surface area (Å²) in [6, 6.07) is 6.61. The molecule has 2 aliphatic carbocycles. The van der Waals surface area contributed by atoms with E-state index >= 15 is 0 Å². The standard InChI is InChI=1S/C34H40Cl2F4N6O2/c1-32(2,37)30(48)41-18-19-4-9-23(35)28(27(19)36)44-31-43-24-16-22(29(47)42-21-7-5-20(6-8-21)34(38,39)40)25(17-26(24)45(31)3)46-14-12-33(10-11-33)13-15-46/h4,9,16-17,20-21H,5-8,10-15,18H2,1-3H3,(H,41,48)(H,42,47)(H,43,44). The van der Waals surface area contributed by atoms with Crippen molar-refractivity contribution < 1.29 is 27.2 Å². The molecule has 3 aliphatic rings. The van der Waals surface area contributed by atoms with Gasteiger partial charge in [0.2, 0.25) is 5.95 Å². The molecule has 2 saturated carbocycles. The number of anilines is 3. The molecule has 0 radical (unpaired) electrons. The fourth-order valence-corrected chi connectivity index (χ4v) is 7.39. The lowest BCUT2D eigenvalue weighted by molar-refractivity contribution is -0.182. The monoisotopic (exact) mass is 710 g/mol. The molecule has 2 heterocycles. The van der Waals surface area contributed by atoms with E-state index in [1.54, 1.807) is 18.2 Å². The van der Waals surface area contributed by atoms with Crippen molar-refractivity contribution in [1.82, 2.24) is 20.2 Å². The van der Waals surface area contributed by atoms with E-state index in [0.717, 1.165) is 37.1 Å². The van der Waals surface area contributed by atoms with Gasteiger partial charge in [-0.1, -0.05) is 29.3 Å². The number of fused-ring (bicyclic) bond motifs is 1. The number of aromatic nitrogens is 2. The molecule has 48 heavy (non-hydrogen) atoms. The first-order chi connectivity index (χ1) is 22.5. The second-order valence-corrected chi connectivity index (χ2v) is 14.9. The van der Waals surface area contributed by atoms with Crippen molar-refractivity contribution in [3.8, 4) is 0 Å². The Labute approximate surface area is 286 Å². The molecule has 3 N–H and O–H groups in total. The third kappa shape index (κ3) is 7.20. The Hall–Kier alpha value is -3.25. The number of alkyl halides is 4. The molecule has 3 fully saturated rings. The number of nitrogens with one attached hydrogen (secondary N) is 3. The van der Waals surface area contributed by atoms with Gasteiger partial charge in [-0.15, -0.1) is 0 Å². The Morgan fingerprint density at radius 2 is 1.67 bits per heavy atom. The van der Waals surface area contributed by atoms with E-state index in [-0.39, 0.29) is 49.2 Å². The van der Waals surface area contributed by atoms with Gasteiger partial charge in [0, 0.05) is 32.7 Å². The predicted molar refractivity (Wildman–Crippen MR) is 180 cm³/mol. The Kier molecular flexibility index (Phi) is 9.30. The summed E-state index contributed by atoms with van der Waals surface area (Å²) in [6.07, 6.45) is 0.870. The van der Waals surface area contributed by atoms with E-state index in [9.17, 15) is 27.2 Å². The van der Waals surface area contributed by atoms with Gasteiger partial charge in [-0.3, -0.25) is 9.59 Å². The van der Waals surface area contributed by atoms with Crippen LogP contribution in [0.4, 0.5) is 34.9 Å². The van der Waals surface area contributed by atoms with E-state index in [1.807, 2.05) is 17.7 Å². The SMILES string of the molecule is Cn1c(Nc2c(Cl)ccc(CNC(=O)C(C)(C)F)c2Cl)nc2cc(C(=O)NC3CCC(C(F)(F)F)CC3)c(N3CCC4(CC3)CC4)cc21. The quantitative estimate of drug-likeness (QED) is 0.205. The summed E-state index contributed by atoms with van der Waals surface area (Å²) in [5, 5.41) is 9.30. The van der Waals surface area contributed by atoms with Crippen LogP contribution in [0.3, 0.4) is 0 Å². The third-order valence-corrected chi connectivity index (χ3v) is 11.0. The Morgan fingerprint density at radius 1 is 1.00 bits per heavy atom. The van der Waals surface area contributed by atoms with Gasteiger partial charge in [-0.05, 0) is 94.4 Å². The molecule has 0 unspecified atom stereocenters. The fraction of sp³-hybridized carbons (Fsp3) is 0.559. The molecule has 2 aromatic carbocycles. The molecular formula is C34H40Cl2F4N6O2. The summed E-state index contributed by atoms with van der Waals surface area (Å²) < 4.78 is 55.6. The van der Waals surface area contributed by atoms with E-state index in [0.29, 0.717) is 38.7 Å². The van der Waals surface area contributed by atoms with Crippen molar-refractivity contribution in [2.24, 2.45) is 18.4 Å². The van der Waals surface area contributed by atoms with Gasteiger partial charge in [0.1, 0.15) is 0 Å². The highest BCUT2D eigenvalue weighted by Crippen LogP contribution is 2.54. The molecule has 1 aliphatic heterocycles. The second-order valence-electron chi connectivity index (χ2n) is 14.1. The Bertz CT molecular complexity index is 1720. The fourth-order valence-electron chi connectivity index (χ4n) is 6.85. The van der Waals surface area contributed by atoms with Gasteiger partial charge in [0.25, 0.3) is 11.8 Å². The van der Waals surface area contributed by atoms with Gasteiger partial charge < -0.3 is 25.4 Å². The molecule has 0 atom stereocenters. The summed E-state index contributed by atoms with van der Waals surface area (Å²) in [5.74, 6) is -2.04. The van der Waals surface area contributed by atoms with Crippen LogP contribution in [0.25, 0.3) is 11.0 Å². The molecule has 1 aromatic heterocycles. The minimum atomic E-state index is -4.22. The van der Waals surface area contributed by atoms with Crippen molar-refractivity contribution in [3.63, 3.8) is 0 Å². The number of imidazole rings is 1. The average molecular weight is 712 g/mol. The number of amides is 2. The lowest BCUT2D eigenvalue weighted by atomic mass is 9.85.